The van der Waals surface area contributed by atoms with Crippen LogP contribution in [0.25, 0.3) is 11.6 Å². The number of imide groups is 1. The number of rotatable bonds is 9. The van der Waals surface area contributed by atoms with Gasteiger partial charge in [-0.2, -0.15) is 31.2 Å². The maximum absolute atomic E-state index is 15.5. The number of carbonyl (C=O) groups excluding carboxylic acids is 2. The number of anilines is 1. The molecule has 12 nitrogen and oxygen atoms in total. The van der Waals surface area contributed by atoms with Crippen LogP contribution in [0.2, 0.25) is 0 Å². The minimum atomic E-state index is -5.41. The van der Waals surface area contributed by atoms with E-state index in [1.807, 2.05) is 0 Å². The van der Waals surface area contributed by atoms with Crippen LogP contribution in [0.15, 0.2) is 53.5 Å². The summed E-state index contributed by atoms with van der Waals surface area (Å²) >= 11 is 0. The highest BCUT2D eigenvalue weighted by atomic mass is 19.4. The Morgan fingerprint density at radius 3 is 1.87 bits per heavy atom. The van der Waals surface area contributed by atoms with E-state index in [4.69, 9.17) is 23.4 Å². The summed E-state index contributed by atoms with van der Waals surface area (Å²) in [5.74, 6) is -4.11. The van der Waals surface area contributed by atoms with Gasteiger partial charge in [-0.3, -0.25) is 0 Å². The molecule has 0 spiro atoms. The lowest BCUT2D eigenvalue weighted by Crippen LogP contribution is -2.55. The minimum absolute atomic E-state index is 0.00948. The summed E-state index contributed by atoms with van der Waals surface area (Å²) in [5, 5.41) is 17.6. The van der Waals surface area contributed by atoms with Gasteiger partial charge in [-0.15, -0.1) is 16.8 Å². The third kappa shape index (κ3) is 9.99. The van der Waals surface area contributed by atoms with Crippen LogP contribution in [-0.2, 0) is 37.3 Å². The standard InChI is InChI=1S/C34H40F6N4O8/c1-11-22(50-29(2,3)4)32(34(38,39)40,48-18-19-15-13-12-14-16-19)26-43-42-25(49-26)23-21(17-20(24(45)41-23)33(35,36)37)44(27(46)51-30(5,6)7)28(47)52-31(8,9)10/h11-17,22H,1,18H2,2-10H3,(H,41,45). The molecule has 1 aromatic carbocycles. The van der Waals surface area contributed by atoms with Gasteiger partial charge in [-0.1, -0.05) is 36.4 Å². The van der Waals surface area contributed by atoms with Gasteiger partial charge < -0.3 is 28.5 Å². The van der Waals surface area contributed by atoms with Crippen molar-refractivity contribution in [3.05, 3.63) is 66.1 Å². The van der Waals surface area contributed by atoms with Crippen molar-refractivity contribution in [1.29, 1.82) is 0 Å². The lowest BCUT2D eigenvalue weighted by atomic mass is 9.93. The number of aromatic nitrogens is 3. The lowest BCUT2D eigenvalue weighted by molar-refractivity contribution is -0.332. The van der Waals surface area contributed by atoms with E-state index in [1.54, 1.807) is 18.2 Å². The Morgan fingerprint density at radius 1 is 0.885 bits per heavy atom. The van der Waals surface area contributed by atoms with Crippen LogP contribution in [0.3, 0.4) is 0 Å². The number of hydrogen-bond donors (Lipinski definition) is 1. The molecule has 3 rings (SSSR count). The van der Waals surface area contributed by atoms with E-state index in [9.17, 15) is 27.9 Å². The van der Waals surface area contributed by atoms with E-state index in [0.717, 1.165) is 6.08 Å². The molecule has 0 aliphatic rings. The molecule has 2 amide bonds. The van der Waals surface area contributed by atoms with Crippen molar-refractivity contribution in [1.82, 2.24) is 15.2 Å². The van der Waals surface area contributed by atoms with Crippen molar-refractivity contribution in [3.8, 4) is 17.5 Å². The number of halogens is 6. The van der Waals surface area contributed by atoms with Crippen LogP contribution in [0, 0.1) is 0 Å². The molecule has 18 heteroatoms. The Labute approximate surface area is 295 Å². The molecular weight excluding hydrogens is 706 g/mol. The quantitative estimate of drug-likeness (QED) is 0.165. The van der Waals surface area contributed by atoms with Crippen LogP contribution in [-0.4, -0.2) is 61.6 Å². The molecule has 2 unspecified atom stereocenters. The van der Waals surface area contributed by atoms with E-state index in [2.05, 4.69) is 21.8 Å². The average molecular weight is 747 g/mol. The zero-order valence-corrected chi connectivity index (χ0v) is 29.9. The molecule has 0 radical (unpaired) electrons. The summed E-state index contributed by atoms with van der Waals surface area (Å²) in [4.78, 5) is 30.4. The van der Waals surface area contributed by atoms with Crippen LogP contribution in [0.5, 0.6) is 5.88 Å². The van der Waals surface area contributed by atoms with E-state index in [-0.39, 0.29) is 16.5 Å². The summed E-state index contributed by atoms with van der Waals surface area (Å²) in [7, 11) is 0. The Kier molecular flexibility index (Phi) is 11.8. The molecule has 52 heavy (non-hydrogen) atoms. The number of alkyl halides is 6. The molecule has 0 aliphatic carbocycles. The van der Waals surface area contributed by atoms with Crippen molar-refractivity contribution in [3.63, 3.8) is 0 Å². The number of pyridine rings is 1. The molecule has 286 valence electrons. The van der Waals surface area contributed by atoms with Crippen LogP contribution in [0.4, 0.5) is 41.6 Å². The fourth-order valence-corrected chi connectivity index (χ4v) is 4.46. The van der Waals surface area contributed by atoms with E-state index >= 15 is 13.2 Å². The fourth-order valence-electron chi connectivity index (χ4n) is 4.46. The van der Waals surface area contributed by atoms with Crippen LogP contribution >= 0.6 is 0 Å². The Hall–Kier alpha value is -4.71. The average Bonchev–Trinajstić information content (AvgIpc) is 3.44. The first kappa shape index (κ1) is 41.7. The predicted octanol–water partition coefficient (Wildman–Crippen LogP) is 8.88. The van der Waals surface area contributed by atoms with Crippen molar-refractivity contribution in [2.24, 2.45) is 0 Å². The largest absolute Gasteiger partial charge is 0.493 e. The first-order valence-corrected chi connectivity index (χ1v) is 15.6. The Morgan fingerprint density at radius 2 is 1.42 bits per heavy atom. The molecule has 0 saturated heterocycles. The van der Waals surface area contributed by atoms with Gasteiger partial charge in [0.15, 0.2) is 5.69 Å². The SMILES string of the molecule is C=CC(OC(C)(C)C)C(OCc1ccccc1)(c1nnc(-c2nc(O)c(C(F)(F)F)cc2N(C(=O)OC(C)(C)C)C(=O)OC(C)(C)C)o1)C(F)(F)F. The summed E-state index contributed by atoms with van der Waals surface area (Å²) in [6.45, 7) is 15.5. The second-order valence-corrected chi connectivity index (χ2v) is 14.3. The maximum atomic E-state index is 15.5. The molecule has 1 N–H and O–H groups in total. The van der Waals surface area contributed by atoms with Gasteiger partial charge in [0.2, 0.25) is 5.88 Å². The molecule has 0 saturated carbocycles. The van der Waals surface area contributed by atoms with E-state index < -0.39 is 94.3 Å². The van der Waals surface area contributed by atoms with E-state index in [0.29, 0.717) is 0 Å². The molecular formula is C34H40F6N4O8. The number of hydrogen-bond acceptors (Lipinski definition) is 11. The van der Waals surface area contributed by atoms with Crippen molar-refractivity contribution in [2.75, 3.05) is 4.90 Å². The molecule has 3 aromatic rings. The van der Waals surface area contributed by atoms with Crippen LogP contribution in [0.1, 0.15) is 79.3 Å². The molecule has 2 atom stereocenters. The van der Waals surface area contributed by atoms with Gasteiger partial charge in [0.05, 0.1) is 17.9 Å². The zero-order valence-electron chi connectivity index (χ0n) is 29.9. The van der Waals surface area contributed by atoms with Gasteiger partial charge in [0, 0.05) is 0 Å². The second-order valence-electron chi connectivity index (χ2n) is 14.3. The van der Waals surface area contributed by atoms with Gasteiger partial charge in [-0.25, -0.2) is 14.6 Å². The Balaban J connectivity index is 2.41. The van der Waals surface area contributed by atoms with Gasteiger partial charge >= 0.3 is 24.5 Å². The monoisotopic (exact) mass is 746 g/mol. The summed E-state index contributed by atoms with van der Waals surface area (Å²) in [6, 6.07) is 7.84. The number of benzene rings is 1. The number of carbonyl (C=O) groups is 2. The fraction of sp³-hybridized carbons (Fsp3) is 0.500. The second kappa shape index (κ2) is 14.7. The zero-order chi connectivity index (χ0) is 39.7. The first-order chi connectivity index (χ1) is 23.6. The van der Waals surface area contributed by atoms with Crippen LogP contribution < -0.4 is 4.90 Å². The molecule has 2 heterocycles. The highest BCUT2D eigenvalue weighted by Gasteiger charge is 2.67. The molecule has 0 fully saturated rings. The molecule has 0 aliphatic heterocycles. The normalized spacial score (nSPS) is 14.7. The van der Waals surface area contributed by atoms with Gasteiger partial charge in [0.25, 0.3) is 17.4 Å². The Bertz CT molecular complexity index is 1710. The summed E-state index contributed by atoms with van der Waals surface area (Å²) in [5.41, 5.74) is -11.2. The predicted molar refractivity (Wildman–Crippen MR) is 173 cm³/mol. The first-order valence-electron chi connectivity index (χ1n) is 15.6. The molecule has 2 aromatic heterocycles. The highest BCUT2D eigenvalue weighted by Crippen LogP contribution is 2.49. The van der Waals surface area contributed by atoms with Crippen molar-refractivity contribution < 1.29 is 64.4 Å². The highest BCUT2D eigenvalue weighted by molar-refractivity contribution is 6.11. The van der Waals surface area contributed by atoms with Gasteiger partial charge in [-0.05, 0) is 73.9 Å². The van der Waals surface area contributed by atoms with Crippen molar-refractivity contribution in [2.45, 2.75) is 110 Å². The minimum Gasteiger partial charge on any atom is -0.493 e. The number of nitrogens with zero attached hydrogens (tertiary/aromatic N) is 4. The lowest BCUT2D eigenvalue weighted by Gasteiger charge is -2.40. The number of ether oxygens (including phenoxy) is 4. The summed E-state index contributed by atoms with van der Waals surface area (Å²) in [6.07, 6.45) is -15.2. The van der Waals surface area contributed by atoms with Crippen molar-refractivity contribution >= 4 is 17.9 Å². The topological polar surface area (TPSA) is 146 Å². The third-order valence-electron chi connectivity index (χ3n) is 6.45. The van der Waals surface area contributed by atoms with E-state index in [1.165, 1.54) is 74.4 Å². The maximum Gasteiger partial charge on any atom is 0.429 e. The third-order valence-corrected chi connectivity index (χ3v) is 6.45. The van der Waals surface area contributed by atoms with Gasteiger partial charge in [0.1, 0.15) is 22.9 Å². The number of amides is 2. The molecule has 0 bridgehead atoms. The smallest absolute Gasteiger partial charge is 0.429 e. The summed E-state index contributed by atoms with van der Waals surface area (Å²) < 4.78 is 116. The number of aromatic hydroxyl groups is 1.